The zero-order chi connectivity index (χ0) is 13.4. The van der Waals surface area contributed by atoms with Gasteiger partial charge in [-0.05, 0) is 43.9 Å². The van der Waals surface area contributed by atoms with E-state index < -0.39 is 12.3 Å². The van der Waals surface area contributed by atoms with Crippen LogP contribution in [0.5, 0.6) is 0 Å². The minimum atomic E-state index is -0.954. The number of nitrogens with zero attached hydrogens (tertiary/aromatic N) is 1. The Balaban J connectivity index is 1.91. The first-order valence-electron chi connectivity index (χ1n) is 6.70. The van der Waals surface area contributed by atoms with Crippen LogP contribution in [0.1, 0.15) is 36.0 Å². The molecule has 3 rings (SSSR count). The largest absolute Gasteiger partial charge is 0.478 e. The number of hydrogen-bond acceptors (Lipinski definition) is 3. The van der Waals surface area contributed by atoms with Gasteiger partial charge in [-0.3, -0.25) is 0 Å². The molecule has 0 amide bonds. The van der Waals surface area contributed by atoms with E-state index in [1.165, 1.54) is 0 Å². The van der Waals surface area contributed by atoms with E-state index in [4.69, 9.17) is 0 Å². The third-order valence-corrected chi connectivity index (χ3v) is 3.68. The van der Waals surface area contributed by atoms with Crippen molar-refractivity contribution >= 4 is 17.3 Å². The van der Waals surface area contributed by atoms with E-state index in [0.29, 0.717) is 24.7 Å². The molecule has 2 N–H and O–H groups in total. The second-order valence-corrected chi connectivity index (χ2v) is 5.22. The minimum Gasteiger partial charge on any atom is -0.478 e. The second-order valence-electron chi connectivity index (χ2n) is 5.22. The van der Waals surface area contributed by atoms with Crippen LogP contribution in [0, 0.1) is 0 Å². The molecule has 1 atom stereocenters. The van der Waals surface area contributed by atoms with E-state index in [9.17, 15) is 14.3 Å². The molecule has 1 saturated carbocycles. The number of hydrogen-bond donors (Lipinski definition) is 2. The molecule has 102 valence electrons. The molecule has 1 aromatic rings. The zero-order valence-electron chi connectivity index (χ0n) is 10.6. The average molecular weight is 264 g/mol. The van der Waals surface area contributed by atoms with Gasteiger partial charge in [0.2, 0.25) is 0 Å². The number of carboxylic acids is 1. The van der Waals surface area contributed by atoms with Crippen molar-refractivity contribution in [3.63, 3.8) is 0 Å². The molecule has 0 bridgehead atoms. The van der Waals surface area contributed by atoms with Crippen LogP contribution < -0.4 is 10.2 Å². The Kier molecular flexibility index (Phi) is 3.05. The van der Waals surface area contributed by atoms with Crippen LogP contribution in [0.25, 0.3) is 0 Å². The highest BCUT2D eigenvalue weighted by molar-refractivity contribution is 5.95. The van der Waals surface area contributed by atoms with Crippen LogP contribution in [0.15, 0.2) is 18.2 Å². The first-order valence-corrected chi connectivity index (χ1v) is 6.70. The van der Waals surface area contributed by atoms with Gasteiger partial charge in [0.15, 0.2) is 6.30 Å². The third kappa shape index (κ3) is 2.50. The number of benzene rings is 1. The lowest BCUT2D eigenvalue weighted by Crippen LogP contribution is -2.25. The van der Waals surface area contributed by atoms with Gasteiger partial charge in [0.25, 0.3) is 0 Å². The van der Waals surface area contributed by atoms with E-state index in [1.807, 2.05) is 0 Å². The number of aromatic carboxylic acids is 1. The quantitative estimate of drug-likeness (QED) is 0.821. The molecule has 4 nitrogen and oxygen atoms in total. The summed E-state index contributed by atoms with van der Waals surface area (Å²) in [4.78, 5) is 12.9. The smallest absolute Gasteiger partial charge is 0.337 e. The van der Waals surface area contributed by atoms with E-state index >= 15 is 0 Å². The highest BCUT2D eigenvalue weighted by Crippen LogP contribution is 2.33. The normalized spacial score (nSPS) is 22.6. The van der Waals surface area contributed by atoms with Crippen LogP contribution in [0.4, 0.5) is 15.8 Å². The Hall–Kier alpha value is -1.78. The molecule has 0 aromatic heterocycles. The van der Waals surface area contributed by atoms with Gasteiger partial charge in [0, 0.05) is 18.3 Å². The maximum absolute atomic E-state index is 13.7. The van der Waals surface area contributed by atoms with Crippen molar-refractivity contribution in [2.24, 2.45) is 0 Å². The molecule has 0 radical (unpaired) electrons. The Morgan fingerprint density at radius 2 is 2.16 bits per heavy atom. The third-order valence-electron chi connectivity index (χ3n) is 3.68. The Morgan fingerprint density at radius 3 is 2.74 bits per heavy atom. The zero-order valence-corrected chi connectivity index (χ0v) is 10.6. The SMILES string of the molecule is O=C(O)c1ccc(N2CCCC2F)cc1NC1CC1. The molecule has 1 heterocycles. The number of rotatable bonds is 4. The first kappa shape index (κ1) is 12.3. The predicted molar refractivity (Wildman–Crippen MR) is 71.5 cm³/mol. The molecule has 1 aliphatic carbocycles. The predicted octanol–water partition coefficient (Wildman–Crippen LogP) is 2.85. The first-order chi connectivity index (χ1) is 9.15. The van der Waals surface area contributed by atoms with E-state index in [-0.39, 0.29) is 5.56 Å². The van der Waals surface area contributed by atoms with Gasteiger partial charge in [-0.15, -0.1) is 0 Å². The highest BCUT2D eigenvalue weighted by atomic mass is 19.1. The fourth-order valence-corrected chi connectivity index (χ4v) is 2.48. The van der Waals surface area contributed by atoms with Gasteiger partial charge in [-0.1, -0.05) is 0 Å². The summed E-state index contributed by atoms with van der Waals surface area (Å²) in [5.41, 5.74) is 1.62. The molecule has 19 heavy (non-hydrogen) atoms. The fraction of sp³-hybridized carbons (Fsp3) is 0.500. The summed E-state index contributed by atoms with van der Waals surface area (Å²) in [6, 6.07) is 5.39. The van der Waals surface area contributed by atoms with Crippen molar-refractivity contribution in [2.45, 2.75) is 38.0 Å². The minimum absolute atomic E-state index is 0.255. The molecule has 2 fully saturated rings. The monoisotopic (exact) mass is 264 g/mol. The van der Waals surface area contributed by atoms with Gasteiger partial charge in [-0.2, -0.15) is 0 Å². The number of alkyl halides is 1. The van der Waals surface area contributed by atoms with Gasteiger partial charge in [-0.25, -0.2) is 9.18 Å². The Labute approximate surface area is 111 Å². The average Bonchev–Trinajstić information content (AvgIpc) is 3.08. The number of halogens is 1. The van der Waals surface area contributed by atoms with E-state index in [0.717, 1.165) is 24.9 Å². The molecular weight excluding hydrogens is 247 g/mol. The number of carboxylic acid groups (broad SMARTS) is 1. The Bertz CT molecular complexity index is 502. The molecule has 1 saturated heterocycles. The van der Waals surface area contributed by atoms with Crippen LogP contribution in [-0.2, 0) is 0 Å². The van der Waals surface area contributed by atoms with Crippen LogP contribution in [-0.4, -0.2) is 30.0 Å². The van der Waals surface area contributed by atoms with Gasteiger partial charge < -0.3 is 15.3 Å². The van der Waals surface area contributed by atoms with Gasteiger partial charge >= 0.3 is 5.97 Å². The maximum atomic E-state index is 13.7. The summed E-state index contributed by atoms with van der Waals surface area (Å²) >= 11 is 0. The second kappa shape index (κ2) is 4.72. The molecule has 0 spiro atoms. The lowest BCUT2D eigenvalue weighted by molar-refractivity contribution is 0.0698. The number of nitrogens with one attached hydrogen (secondary N) is 1. The fourth-order valence-electron chi connectivity index (χ4n) is 2.48. The molecule has 2 aliphatic rings. The Morgan fingerprint density at radius 1 is 1.37 bits per heavy atom. The van der Waals surface area contributed by atoms with Crippen LogP contribution >= 0.6 is 0 Å². The van der Waals surface area contributed by atoms with Crippen molar-refractivity contribution in [1.82, 2.24) is 0 Å². The topological polar surface area (TPSA) is 52.6 Å². The van der Waals surface area contributed by atoms with Crippen molar-refractivity contribution in [1.29, 1.82) is 0 Å². The molecule has 1 unspecified atom stereocenters. The summed E-state index contributed by atoms with van der Waals surface area (Å²) in [6.45, 7) is 0.691. The molecule has 5 heteroatoms. The van der Waals surface area contributed by atoms with Crippen molar-refractivity contribution in [3.8, 4) is 0 Å². The number of carbonyl (C=O) groups is 1. The lowest BCUT2D eigenvalue weighted by atomic mass is 10.1. The number of anilines is 2. The molecule has 1 aliphatic heterocycles. The summed E-state index contributed by atoms with van der Waals surface area (Å²) < 4.78 is 13.7. The summed E-state index contributed by atoms with van der Waals surface area (Å²) in [5.74, 6) is -0.951. The summed E-state index contributed by atoms with van der Waals surface area (Å²) in [6.07, 6.45) is 2.57. The highest BCUT2D eigenvalue weighted by Gasteiger charge is 2.27. The van der Waals surface area contributed by atoms with Crippen molar-refractivity contribution < 1.29 is 14.3 Å². The van der Waals surface area contributed by atoms with E-state index in [1.54, 1.807) is 23.1 Å². The summed E-state index contributed by atoms with van der Waals surface area (Å²) in [7, 11) is 0. The maximum Gasteiger partial charge on any atom is 0.337 e. The van der Waals surface area contributed by atoms with Crippen LogP contribution in [0.3, 0.4) is 0 Å². The van der Waals surface area contributed by atoms with Crippen molar-refractivity contribution in [3.05, 3.63) is 23.8 Å². The molecular formula is C14H17FN2O2. The summed E-state index contributed by atoms with van der Waals surface area (Å²) in [5, 5.41) is 12.4. The standard InChI is InChI=1S/C14H17FN2O2/c15-13-2-1-7-17(13)10-5-6-11(14(18)19)12(8-10)16-9-3-4-9/h5-6,8-9,13,16H,1-4,7H2,(H,18,19). The molecule has 1 aromatic carbocycles. The van der Waals surface area contributed by atoms with Gasteiger partial charge in [0.05, 0.1) is 11.3 Å². The lowest BCUT2D eigenvalue weighted by Gasteiger charge is -2.22. The van der Waals surface area contributed by atoms with Crippen molar-refractivity contribution in [2.75, 3.05) is 16.8 Å². The van der Waals surface area contributed by atoms with Gasteiger partial charge in [0.1, 0.15) is 0 Å². The van der Waals surface area contributed by atoms with Crippen LogP contribution in [0.2, 0.25) is 0 Å². The van der Waals surface area contributed by atoms with E-state index in [2.05, 4.69) is 5.32 Å².